The van der Waals surface area contributed by atoms with E-state index in [2.05, 4.69) is 20.9 Å². The van der Waals surface area contributed by atoms with Crippen LogP contribution in [0.4, 0.5) is 0 Å². The summed E-state index contributed by atoms with van der Waals surface area (Å²) < 4.78 is 5.53. The molecule has 2 saturated heterocycles. The highest BCUT2D eigenvalue weighted by Crippen LogP contribution is 2.32. The molecule has 2 heterocycles. The average molecular weight is 451 g/mol. The molecule has 0 aromatic rings. The minimum Gasteiger partial charge on any atom is -0.481 e. The molecule has 2 aliphatic carbocycles. The molecule has 7 nitrogen and oxygen atoms in total. The summed E-state index contributed by atoms with van der Waals surface area (Å²) in [6, 6.07) is 0.608. The number of methoxy groups -OCH3 is 1. The second-order valence-electron chi connectivity index (χ2n) is 10.9. The third-order valence-corrected chi connectivity index (χ3v) is 8.84. The van der Waals surface area contributed by atoms with Gasteiger partial charge in [-0.15, -0.1) is 0 Å². The molecule has 2 saturated carbocycles. The Kier molecular flexibility index (Phi) is 9.23. The lowest BCUT2D eigenvalue weighted by molar-refractivity contribution is -0.143. The highest BCUT2D eigenvalue weighted by molar-refractivity contribution is 5.70. The second-order valence-corrected chi connectivity index (χ2v) is 10.9. The number of aliphatic carboxylic acids is 1. The lowest BCUT2D eigenvalue weighted by atomic mass is 9.78. The van der Waals surface area contributed by atoms with Gasteiger partial charge in [0.1, 0.15) is 6.29 Å². The Morgan fingerprint density at radius 2 is 1.72 bits per heavy atom. The number of nitrogens with one attached hydrogen (secondary N) is 3. The van der Waals surface area contributed by atoms with Crippen LogP contribution in [-0.4, -0.2) is 74.2 Å². The van der Waals surface area contributed by atoms with Crippen molar-refractivity contribution in [2.45, 2.75) is 89.1 Å². The van der Waals surface area contributed by atoms with Crippen molar-refractivity contribution in [2.24, 2.45) is 23.7 Å². The van der Waals surface area contributed by atoms with Gasteiger partial charge in [-0.05, 0) is 101 Å². The number of hydrogen-bond donors (Lipinski definition) is 4. The summed E-state index contributed by atoms with van der Waals surface area (Å²) in [4.78, 5) is 13.7. The zero-order chi connectivity index (χ0) is 22.3. The maximum atomic E-state index is 11.3. The molecule has 0 aromatic heterocycles. The fourth-order valence-electron chi connectivity index (χ4n) is 6.61. The Balaban J connectivity index is 1.08. The van der Waals surface area contributed by atoms with E-state index in [4.69, 9.17) is 4.74 Å². The minimum absolute atomic E-state index is 0.154. The topological polar surface area (TPSA) is 85.9 Å². The standard InChI is InChI=1S/C25H46N4O3/c1-32-23-10-6-19(7-11-23)21-15-26-25(27-16-21)28-22-8-4-18(5-9-22)12-14-29-13-2-3-20(17-29)24(30)31/h18-23,25-28H,2-17H2,1H3,(H,30,31)/t18?,19?,20-,21?,22?,23?,25?/m1/s1. The molecule has 7 heteroatoms. The molecule has 2 aliphatic heterocycles. The van der Waals surface area contributed by atoms with Crippen molar-refractivity contribution in [1.29, 1.82) is 0 Å². The molecule has 0 radical (unpaired) electrons. The van der Waals surface area contributed by atoms with Crippen molar-refractivity contribution in [3.63, 3.8) is 0 Å². The van der Waals surface area contributed by atoms with E-state index in [1.54, 1.807) is 0 Å². The number of carboxylic acid groups (broad SMARTS) is 1. The molecule has 0 spiro atoms. The number of likely N-dealkylation sites (tertiary alicyclic amines) is 1. The van der Waals surface area contributed by atoms with E-state index in [0.717, 1.165) is 63.3 Å². The molecule has 32 heavy (non-hydrogen) atoms. The Morgan fingerprint density at radius 1 is 1.00 bits per heavy atom. The maximum absolute atomic E-state index is 11.3. The number of hydrogen-bond acceptors (Lipinski definition) is 6. The minimum atomic E-state index is -0.615. The van der Waals surface area contributed by atoms with Gasteiger partial charge in [-0.25, -0.2) is 0 Å². The van der Waals surface area contributed by atoms with Crippen LogP contribution in [-0.2, 0) is 9.53 Å². The molecule has 0 bridgehead atoms. The van der Waals surface area contributed by atoms with E-state index < -0.39 is 5.97 Å². The summed E-state index contributed by atoms with van der Waals surface area (Å²) in [6.45, 7) is 5.14. The predicted octanol–water partition coefficient (Wildman–Crippen LogP) is 2.62. The quantitative estimate of drug-likeness (QED) is 0.452. The molecule has 0 aromatic carbocycles. The van der Waals surface area contributed by atoms with Crippen LogP contribution >= 0.6 is 0 Å². The number of piperidine rings is 1. The van der Waals surface area contributed by atoms with Crippen LogP contribution in [0.5, 0.6) is 0 Å². The highest BCUT2D eigenvalue weighted by Gasteiger charge is 2.32. The van der Waals surface area contributed by atoms with Gasteiger partial charge in [-0.2, -0.15) is 0 Å². The molecule has 4 rings (SSSR count). The van der Waals surface area contributed by atoms with Crippen LogP contribution < -0.4 is 16.0 Å². The zero-order valence-corrected chi connectivity index (χ0v) is 20.1. The Morgan fingerprint density at radius 3 is 2.38 bits per heavy atom. The second kappa shape index (κ2) is 12.1. The van der Waals surface area contributed by atoms with Crippen LogP contribution in [0.1, 0.15) is 70.6 Å². The fourth-order valence-corrected chi connectivity index (χ4v) is 6.61. The summed E-state index contributed by atoms with van der Waals surface area (Å²) in [5, 5.41) is 20.6. The van der Waals surface area contributed by atoms with Gasteiger partial charge in [0, 0.05) is 32.8 Å². The Labute approximate surface area is 194 Å². The van der Waals surface area contributed by atoms with Gasteiger partial charge in [-0.3, -0.25) is 20.7 Å². The van der Waals surface area contributed by atoms with Gasteiger partial charge in [0.25, 0.3) is 0 Å². The summed E-state index contributed by atoms with van der Waals surface area (Å²) >= 11 is 0. The number of nitrogens with zero attached hydrogens (tertiary/aromatic N) is 1. The molecule has 4 N–H and O–H groups in total. The molecular formula is C25H46N4O3. The van der Waals surface area contributed by atoms with Crippen molar-refractivity contribution in [3.8, 4) is 0 Å². The van der Waals surface area contributed by atoms with Crippen molar-refractivity contribution in [3.05, 3.63) is 0 Å². The SMILES string of the molecule is COC1CCC(C2CNC(NC3CCC(CCN4CCC[C@@H](C(=O)O)C4)CC3)NC2)CC1. The van der Waals surface area contributed by atoms with E-state index in [1.807, 2.05) is 7.11 Å². The summed E-state index contributed by atoms with van der Waals surface area (Å²) in [7, 11) is 1.85. The summed E-state index contributed by atoms with van der Waals surface area (Å²) in [6.07, 6.45) is 14.0. The number of carboxylic acids is 1. The summed E-state index contributed by atoms with van der Waals surface area (Å²) in [5.41, 5.74) is 0. The Hall–Kier alpha value is -0.730. The zero-order valence-electron chi connectivity index (χ0n) is 20.1. The first-order chi connectivity index (χ1) is 15.6. The molecule has 1 atom stereocenters. The third kappa shape index (κ3) is 6.89. The smallest absolute Gasteiger partial charge is 0.307 e. The van der Waals surface area contributed by atoms with E-state index in [0.29, 0.717) is 12.1 Å². The fraction of sp³-hybridized carbons (Fsp3) is 0.960. The van der Waals surface area contributed by atoms with Crippen molar-refractivity contribution in [2.75, 3.05) is 39.8 Å². The lowest BCUT2D eigenvalue weighted by Crippen LogP contribution is -2.63. The molecule has 4 fully saturated rings. The number of ether oxygens (including phenoxy) is 1. The van der Waals surface area contributed by atoms with Crippen molar-refractivity contribution >= 4 is 5.97 Å². The first-order valence-corrected chi connectivity index (χ1v) is 13.3. The number of carbonyl (C=O) groups is 1. The van der Waals surface area contributed by atoms with Gasteiger partial charge in [0.2, 0.25) is 0 Å². The molecular weight excluding hydrogens is 404 g/mol. The van der Waals surface area contributed by atoms with Crippen molar-refractivity contribution < 1.29 is 14.6 Å². The van der Waals surface area contributed by atoms with E-state index in [9.17, 15) is 9.90 Å². The van der Waals surface area contributed by atoms with Gasteiger partial charge < -0.3 is 14.7 Å². The van der Waals surface area contributed by atoms with Crippen LogP contribution in [0.25, 0.3) is 0 Å². The predicted molar refractivity (Wildman–Crippen MR) is 126 cm³/mol. The van der Waals surface area contributed by atoms with E-state index >= 15 is 0 Å². The van der Waals surface area contributed by atoms with Gasteiger partial charge in [0.05, 0.1) is 12.0 Å². The van der Waals surface area contributed by atoms with Crippen molar-refractivity contribution in [1.82, 2.24) is 20.9 Å². The van der Waals surface area contributed by atoms with E-state index in [-0.39, 0.29) is 12.2 Å². The maximum Gasteiger partial charge on any atom is 0.307 e. The first-order valence-electron chi connectivity index (χ1n) is 13.3. The molecule has 184 valence electrons. The third-order valence-electron chi connectivity index (χ3n) is 8.84. The lowest BCUT2D eigenvalue weighted by Gasteiger charge is -2.40. The average Bonchev–Trinajstić information content (AvgIpc) is 2.84. The van der Waals surface area contributed by atoms with Crippen LogP contribution in [0.15, 0.2) is 0 Å². The van der Waals surface area contributed by atoms with Crippen LogP contribution in [0.3, 0.4) is 0 Å². The van der Waals surface area contributed by atoms with Gasteiger partial charge in [0.15, 0.2) is 0 Å². The molecule has 0 unspecified atom stereocenters. The molecule has 4 aliphatic rings. The first kappa shape index (κ1) is 24.4. The van der Waals surface area contributed by atoms with Gasteiger partial charge >= 0.3 is 5.97 Å². The monoisotopic (exact) mass is 450 g/mol. The normalized spacial score (nSPS) is 39.6. The summed E-state index contributed by atoms with van der Waals surface area (Å²) in [5.74, 6) is 1.62. The van der Waals surface area contributed by atoms with E-state index in [1.165, 1.54) is 57.8 Å². The largest absolute Gasteiger partial charge is 0.481 e. The van der Waals surface area contributed by atoms with Crippen LogP contribution in [0.2, 0.25) is 0 Å². The van der Waals surface area contributed by atoms with Crippen LogP contribution in [0, 0.1) is 23.7 Å². The number of rotatable bonds is 8. The van der Waals surface area contributed by atoms with Gasteiger partial charge in [-0.1, -0.05) is 0 Å². The highest BCUT2D eigenvalue weighted by atomic mass is 16.5. The Bertz CT molecular complexity index is 568. The molecule has 0 amide bonds.